The maximum Gasteiger partial charge on any atom is 0.0544 e. The van der Waals surface area contributed by atoms with Crippen molar-refractivity contribution in [3.63, 3.8) is 0 Å². The highest BCUT2D eigenvalue weighted by Gasteiger charge is 2.09. The topological polar surface area (TPSA) is 15.8 Å². The molecule has 4 aromatic carbocycles. The van der Waals surface area contributed by atoms with Gasteiger partial charge in [0.05, 0.1) is 5.52 Å². The fraction of sp³-hybridized carbons (Fsp3) is 0. The van der Waals surface area contributed by atoms with Gasteiger partial charge in [-0.3, -0.25) is 0 Å². The van der Waals surface area contributed by atoms with Crippen molar-refractivity contribution in [3.05, 3.63) is 119 Å². The first-order chi connectivity index (χ1) is 14.4. The number of H-pyrrole nitrogens is 1. The van der Waals surface area contributed by atoms with E-state index in [1.165, 1.54) is 44.1 Å². The van der Waals surface area contributed by atoms with Gasteiger partial charge in [-0.05, 0) is 22.8 Å². The van der Waals surface area contributed by atoms with E-state index in [0.717, 1.165) is 0 Å². The Bertz CT molecular complexity index is 1320. The number of rotatable bonds is 4. The number of hydrogen-bond acceptors (Lipinski definition) is 0. The molecule has 1 aromatic heterocycles. The first-order valence-corrected chi connectivity index (χ1v) is 9.88. The van der Waals surface area contributed by atoms with E-state index < -0.39 is 0 Å². The van der Waals surface area contributed by atoms with Crippen LogP contribution in [-0.2, 0) is 0 Å². The van der Waals surface area contributed by atoms with Crippen LogP contribution in [0.3, 0.4) is 0 Å². The number of aromatic nitrogens is 1. The molecule has 1 heteroatoms. The minimum atomic E-state index is 1.17. The van der Waals surface area contributed by atoms with Crippen LogP contribution >= 0.6 is 0 Å². The summed E-state index contributed by atoms with van der Waals surface area (Å²) in [7, 11) is 0. The normalized spacial score (nSPS) is 11.9. The van der Waals surface area contributed by atoms with Crippen molar-refractivity contribution in [2.75, 3.05) is 0 Å². The second kappa shape index (κ2) is 7.65. The molecule has 0 saturated heterocycles. The van der Waals surface area contributed by atoms with Crippen molar-refractivity contribution < 1.29 is 0 Å². The number of para-hydroxylation sites is 1. The Kier molecular flexibility index (Phi) is 4.56. The molecular formula is C28H21N. The van der Waals surface area contributed by atoms with Crippen molar-refractivity contribution in [2.24, 2.45) is 0 Å². The molecule has 138 valence electrons. The molecule has 0 saturated carbocycles. The molecule has 0 aliphatic rings. The molecule has 0 unspecified atom stereocenters. The van der Waals surface area contributed by atoms with Gasteiger partial charge in [0, 0.05) is 21.9 Å². The maximum atomic E-state index is 3.64. The van der Waals surface area contributed by atoms with Crippen molar-refractivity contribution in [2.45, 2.75) is 0 Å². The Balaban J connectivity index is 1.68. The van der Waals surface area contributed by atoms with Crippen LogP contribution < -0.4 is 0 Å². The average Bonchev–Trinajstić information content (AvgIpc) is 3.17. The molecule has 0 bridgehead atoms. The molecule has 0 spiro atoms. The fourth-order valence-electron chi connectivity index (χ4n) is 3.78. The first-order valence-electron chi connectivity index (χ1n) is 9.88. The van der Waals surface area contributed by atoms with E-state index in [2.05, 4.69) is 114 Å². The lowest BCUT2D eigenvalue weighted by Gasteiger charge is -2.05. The molecule has 0 atom stereocenters. The minimum absolute atomic E-state index is 1.17. The molecule has 1 nitrogen and oxygen atoms in total. The third-order valence-electron chi connectivity index (χ3n) is 5.25. The molecular weight excluding hydrogens is 350 g/mol. The van der Waals surface area contributed by atoms with Crippen LogP contribution in [0.4, 0.5) is 0 Å². The summed E-state index contributed by atoms with van der Waals surface area (Å²) in [6, 6.07) is 33.8. The van der Waals surface area contributed by atoms with E-state index >= 15 is 0 Å². The van der Waals surface area contributed by atoms with Crippen molar-refractivity contribution >= 4 is 46.1 Å². The summed E-state index contributed by atoms with van der Waals surface area (Å²) in [4.78, 5) is 3.64. The molecule has 1 N–H and O–H groups in total. The molecule has 1 heterocycles. The largest absolute Gasteiger partial charge is 0.354 e. The number of aromatic amines is 1. The van der Waals surface area contributed by atoms with Crippen LogP contribution in [0.1, 0.15) is 22.3 Å². The number of hydrogen-bond donors (Lipinski definition) is 1. The fourth-order valence-corrected chi connectivity index (χ4v) is 3.78. The highest BCUT2D eigenvalue weighted by Crippen LogP contribution is 2.31. The zero-order chi connectivity index (χ0) is 19.5. The van der Waals surface area contributed by atoms with Gasteiger partial charge < -0.3 is 4.98 Å². The van der Waals surface area contributed by atoms with Crippen LogP contribution in [-0.4, -0.2) is 4.98 Å². The zero-order valence-corrected chi connectivity index (χ0v) is 16.0. The average molecular weight is 371 g/mol. The van der Waals surface area contributed by atoms with Gasteiger partial charge in [-0.2, -0.15) is 0 Å². The molecule has 29 heavy (non-hydrogen) atoms. The van der Waals surface area contributed by atoms with Gasteiger partial charge in [0.25, 0.3) is 0 Å². The smallest absolute Gasteiger partial charge is 0.0544 e. The summed E-state index contributed by atoms with van der Waals surface area (Å²) in [5.74, 6) is 0. The Morgan fingerprint density at radius 2 is 1.10 bits per heavy atom. The minimum Gasteiger partial charge on any atom is -0.354 e. The Morgan fingerprint density at radius 3 is 1.83 bits per heavy atom. The van der Waals surface area contributed by atoms with Crippen LogP contribution in [0.2, 0.25) is 0 Å². The van der Waals surface area contributed by atoms with E-state index in [-0.39, 0.29) is 0 Å². The molecule has 5 rings (SSSR count). The van der Waals surface area contributed by atoms with Crippen molar-refractivity contribution in [1.82, 2.24) is 4.98 Å². The third kappa shape index (κ3) is 3.51. The van der Waals surface area contributed by atoms with Crippen molar-refractivity contribution in [1.29, 1.82) is 0 Å². The van der Waals surface area contributed by atoms with Gasteiger partial charge in [0.2, 0.25) is 0 Å². The van der Waals surface area contributed by atoms with Crippen LogP contribution in [0.25, 0.3) is 46.1 Å². The van der Waals surface area contributed by atoms with E-state index in [1.54, 1.807) is 0 Å². The van der Waals surface area contributed by atoms with E-state index in [4.69, 9.17) is 0 Å². The monoisotopic (exact) mass is 371 g/mol. The third-order valence-corrected chi connectivity index (χ3v) is 5.25. The van der Waals surface area contributed by atoms with Crippen LogP contribution in [0, 0.1) is 0 Å². The number of benzene rings is 4. The van der Waals surface area contributed by atoms with Crippen LogP contribution in [0.5, 0.6) is 0 Å². The molecule has 0 amide bonds. The van der Waals surface area contributed by atoms with E-state index in [1.807, 2.05) is 12.1 Å². The van der Waals surface area contributed by atoms with Gasteiger partial charge in [0.1, 0.15) is 0 Å². The van der Waals surface area contributed by atoms with Crippen molar-refractivity contribution in [3.8, 4) is 0 Å². The summed E-state index contributed by atoms with van der Waals surface area (Å²) >= 11 is 0. The lowest BCUT2D eigenvalue weighted by molar-refractivity contribution is 1.52. The number of nitrogens with one attached hydrogen (secondary N) is 1. The molecule has 0 aliphatic heterocycles. The summed E-state index contributed by atoms with van der Waals surface area (Å²) in [5, 5.41) is 2.51. The molecule has 0 radical (unpaired) electrons. The summed E-state index contributed by atoms with van der Waals surface area (Å²) in [6.45, 7) is 0. The van der Waals surface area contributed by atoms with E-state index in [9.17, 15) is 0 Å². The molecule has 0 fully saturated rings. The second-order valence-electron chi connectivity index (χ2n) is 7.15. The predicted octanol–water partition coefficient (Wildman–Crippen LogP) is 7.66. The van der Waals surface area contributed by atoms with Gasteiger partial charge in [-0.1, -0.05) is 115 Å². The Hall–Kier alpha value is -3.84. The number of fused-ring (bicyclic) bond motifs is 3. The quantitative estimate of drug-likeness (QED) is 0.312. The summed E-state index contributed by atoms with van der Waals surface area (Å²) in [6.07, 6.45) is 8.77. The van der Waals surface area contributed by atoms with E-state index in [0.29, 0.717) is 0 Å². The Morgan fingerprint density at radius 1 is 0.483 bits per heavy atom. The predicted molar refractivity (Wildman–Crippen MR) is 127 cm³/mol. The highest BCUT2D eigenvalue weighted by atomic mass is 14.7. The SMILES string of the molecule is C(=Cc1ccc2c([nH]c3ccccc32)c1C=Cc1ccccc1)c1ccccc1. The zero-order valence-electron chi connectivity index (χ0n) is 16.0. The van der Waals surface area contributed by atoms with Gasteiger partial charge in [0.15, 0.2) is 0 Å². The first kappa shape index (κ1) is 17.3. The Labute approximate surface area is 170 Å². The lowest BCUT2D eigenvalue weighted by Crippen LogP contribution is -1.84. The van der Waals surface area contributed by atoms with Crippen LogP contribution in [0.15, 0.2) is 97.1 Å². The highest BCUT2D eigenvalue weighted by molar-refractivity contribution is 6.11. The summed E-state index contributed by atoms with van der Waals surface area (Å²) in [5.41, 5.74) is 7.13. The lowest BCUT2D eigenvalue weighted by atomic mass is 10.0. The molecule has 5 aromatic rings. The second-order valence-corrected chi connectivity index (χ2v) is 7.15. The maximum absolute atomic E-state index is 3.64. The van der Waals surface area contributed by atoms with Gasteiger partial charge in [-0.25, -0.2) is 0 Å². The van der Waals surface area contributed by atoms with Gasteiger partial charge >= 0.3 is 0 Å². The standard InChI is InChI=1S/C28H21N/c1-3-9-21(10-4-1)15-17-23-18-20-26-25-13-7-8-14-27(25)29-28(26)24(23)19-16-22-11-5-2-6-12-22/h1-20,29H. The summed E-state index contributed by atoms with van der Waals surface area (Å²) < 4.78 is 0. The molecule has 0 aliphatic carbocycles. The van der Waals surface area contributed by atoms with Gasteiger partial charge in [-0.15, -0.1) is 0 Å².